The number of nitrogens with zero attached hydrogens (tertiary/aromatic N) is 4. The van der Waals surface area contributed by atoms with Crippen molar-refractivity contribution in [1.29, 1.82) is 5.26 Å². The van der Waals surface area contributed by atoms with Gasteiger partial charge >= 0.3 is 0 Å². The number of rotatable bonds is 7. The number of benzene rings is 1. The first-order valence-electron chi connectivity index (χ1n) is 8.95. The molecule has 0 spiro atoms. The number of aromatic hydroxyl groups is 1. The molecule has 0 aliphatic heterocycles. The van der Waals surface area contributed by atoms with Crippen LogP contribution in [0.25, 0.3) is 0 Å². The van der Waals surface area contributed by atoms with Crippen molar-refractivity contribution in [2.75, 3.05) is 0 Å². The van der Waals surface area contributed by atoms with Gasteiger partial charge in [-0.15, -0.1) is 5.11 Å². The van der Waals surface area contributed by atoms with E-state index in [9.17, 15) is 15.2 Å². The highest BCUT2D eigenvalue weighted by atomic mass is 35.5. The fraction of sp³-hybridized carbons (Fsp3) is 0.400. The Morgan fingerprint density at radius 2 is 1.93 bits per heavy atom. The number of hydrogen-bond acceptors (Lipinski definition) is 5. The predicted molar refractivity (Wildman–Crippen MR) is 106 cm³/mol. The largest absolute Gasteiger partial charge is 0.493 e. The number of aromatic nitrogens is 1. The van der Waals surface area contributed by atoms with Crippen LogP contribution in [0, 0.1) is 25.2 Å². The Balaban J connectivity index is 2.49. The van der Waals surface area contributed by atoms with E-state index in [2.05, 4.69) is 17.2 Å². The topological polar surface area (TPSA) is 90.7 Å². The lowest BCUT2D eigenvalue weighted by Crippen LogP contribution is -2.22. The van der Waals surface area contributed by atoms with Crippen molar-refractivity contribution < 1.29 is 5.11 Å². The van der Waals surface area contributed by atoms with Crippen LogP contribution in [0.15, 0.2) is 33.2 Å². The van der Waals surface area contributed by atoms with Gasteiger partial charge in [-0.25, -0.2) is 0 Å². The third-order valence-electron chi connectivity index (χ3n) is 4.50. The molecule has 0 aliphatic rings. The zero-order valence-electron chi connectivity index (χ0n) is 15.8. The number of hydrogen-bond donors (Lipinski definition) is 1. The van der Waals surface area contributed by atoms with Crippen molar-refractivity contribution in [3.8, 4) is 11.9 Å². The zero-order chi connectivity index (χ0) is 20.0. The minimum absolute atomic E-state index is 0.0434. The van der Waals surface area contributed by atoms with Gasteiger partial charge in [0.1, 0.15) is 11.6 Å². The predicted octanol–water partition coefficient (Wildman–Crippen LogP) is 5.69. The van der Waals surface area contributed by atoms with Crippen LogP contribution in [0.2, 0.25) is 5.02 Å². The van der Waals surface area contributed by atoms with E-state index in [0.29, 0.717) is 22.8 Å². The number of nitriles is 1. The highest BCUT2D eigenvalue weighted by Crippen LogP contribution is 2.29. The molecule has 6 nitrogen and oxygen atoms in total. The molecule has 0 saturated heterocycles. The van der Waals surface area contributed by atoms with Crippen LogP contribution >= 0.6 is 11.6 Å². The summed E-state index contributed by atoms with van der Waals surface area (Å²) in [6.45, 7) is 5.82. The Morgan fingerprint density at radius 3 is 2.59 bits per heavy atom. The van der Waals surface area contributed by atoms with E-state index < -0.39 is 5.56 Å². The molecule has 1 N–H and O–H groups in total. The summed E-state index contributed by atoms with van der Waals surface area (Å²) < 4.78 is 1.21. The van der Waals surface area contributed by atoms with Crippen molar-refractivity contribution in [3.63, 3.8) is 0 Å². The van der Waals surface area contributed by atoms with E-state index in [1.807, 2.05) is 13.0 Å². The van der Waals surface area contributed by atoms with E-state index in [0.717, 1.165) is 31.2 Å². The van der Waals surface area contributed by atoms with Crippen LogP contribution in [-0.2, 0) is 6.54 Å². The highest BCUT2D eigenvalue weighted by molar-refractivity contribution is 6.31. The molecule has 0 saturated carbocycles. The van der Waals surface area contributed by atoms with E-state index in [-0.39, 0.29) is 17.1 Å². The normalized spacial score (nSPS) is 11.1. The summed E-state index contributed by atoms with van der Waals surface area (Å²) in [5, 5.41) is 28.6. The van der Waals surface area contributed by atoms with Crippen LogP contribution in [-0.4, -0.2) is 9.67 Å². The van der Waals surface area contributed by atoms with Crippen LogP contribution in [0.3, 0.4) is 0 Å². The first kappa shape index (κ1) is 20.7. The van der Waals surface area contributed by atoms with E-state index >= 15 is 0 Å². The molecule has 0 atom stereocenters. The van der Waals surface area contributed by atoms with Crippen LogP contribution < -0.4 is 5.56 Å². The van der Waals surface area contributed by atoms with E-state index in [1.165, 1.54) is 4.57 Å². The molecule has 0 fully saturated rings. The van der Waals surface area contributed by atoms with Crippen LogP contribution in [0.1, 0.15) is 49.3 Å². The molecule has 0 unspecified atom stereocenters. The van der Waals surface area contributed by atoms with Gasteiger partial charge in [0.2, 0.25) is 5.88 Å². The van der Waals surface area contributed by atoms with Gasteiger partial charge in [-0.3, -0.25) is 9.36 Å². The maximum absolute atomic E-state index is 12.8. The summed E-state index contributed by atoms with van der Waals surface area (Å²) >= 11 is 6.09. The summed E-state index contributed by atoms with van der Waals surface area (Å²) in [6.07, 6.45) is 3.79. The van der Waals surface area contributed by atoms with Gasteiger partial charge < -0.3 is 5.11 Å². The summed E-state index contributed by atoms with van der Waals surface area (Å²) in [7, 11) is 0. The molecule has 27 heavy (non-hydrogen) atoms. The number of pyridine rings is 1. The fourth-order valence-corrected chi connectivity index (χ4v) is 2.94. The molecule has 1 heterocycles. The van der Waals surface area contributed by atoms with Gasteiger partial charge in [0.15, 0.2) is 5.69 Å². The van der Waals surface area contributed by atoms with Crippen LogP contribution in [0.5, 0.6) is 5.88 Å². The third kappa shape index (κ3) is 4.55. The minimum Gasteiger partial charge on any atom is -0.493 e. The quantitative estimate of drug-likeness (QED) is 0.489. The summed E-state index contributed by atoms with van der Waals surface area (Å²) in [5.74, 6) is -0.311. The molecule has 1 aromatic carbocycles. The first-order chi connectivity index (χ1) is 12.9. The molecule has 7 heteroatoms. The SMILES string of the molecule is CCCCCCn1c(O)c(C#N)c(C)c(N=Nc2cccc(Cl)c2C)c1=O. The molecule has 2 aromatic rings. The Labute approximate surface area is 163 Å². The Kier molecular flexibility index (Phi) is 7.14. The molecule has 0 bridgehead atoms. The summed E-state index contributed by atoms with van der Waals surface area (Å²) in [4.78, 5) is 12.8. The van der Waals surface area contributed by atoms with Gasteiger partial charge in [-0.05, 0) is 38.0 Å². The molecule has 2 rings (SSSR count). The molecule has 1 aromatic heterocycles. The van der Waals surface area contributed by atoms with Crippen molar-refractivity contribution in [2.45, 2.75) is 53.0 Å². The van der Waals surface area contributed by atoms with Gasteiger partial charge in [0, 0.05) is 17.1 Å². The smallest absolute Gasteiger partial charge is 0.281 e. The summed E-state index contributed by atoms with van der Waals surface area (Å²) in [5.41, 5.74) is 1.25. The molecule has 0 aliphatic carbocycles. The molecule has 0 radical (unpaired) electrons. The maximum atomic E-state index is 12.8. The average molecular weight is 387 g/mol. The second-order valence-electron chi connectivity index (χ2n) is 6.39. The molecule has 142 valence electrons. The zero-order valence-corrected chi connectivity index (χ0v) is 16.5. The van der Waals surface area contributed by atoms with Crippen molar-refractivity contribution in [1.82, 2.24) is 4.57 Å². The lowest BCUT2D eigenvalue weighted by atomic mass is 10.1. The number of azo groups is 1. The highest BCUT2D eigenvalue weighted by Gasteiger charge is 2.19. The first-order valence-corrected chi connectivity index (χ1v) is 9.33. The molecule has 0 amide bonds. The van der Waals surface area contributed by atoms with Crippen molar-refractivity contribution in [2.24, 2.45) is 10.2 Å². The molecular weight excluding hydrogens is 364 g/mol. The van der Waals surface area contributed by atoms with E-state index in [4.69, 9.17) is 11.6 Å². The monoisotopic (exact) mass is 386 g/mol. The van der Waals surface area contributed by atoms with Gasteiger partial charge in [0.25, 0.3) is 5.56 Å². The fourth-order valence-electron chi connectivity index (χ4n) is 2.77. The lowest BCUT2D eigenvalue weighted by molar-refractivity contribution is 0.397. The molecular formula is C20H23ClN4O2. The maximum Gasteiger partial charge on any atom is 0.281 e. The van der Waals surface area contributed by atoms with Crippen molar-refractivity contribution >= 4 is 23.0 Å². The minimum atomic E-state index is -0.455. The standard InChI is InChI=1S/C20H23ClN4O2/c1-4-5-6-7-11-25-19(26)15(12-22)13(2)18(20(25)27)24-23-17-10-8-9-16(21)14(17)3/h8-10,26H,4-7,11H2,1-3H3. The number of unbranched alkanes of at least 4 members (excludes halogenated alkanes) is 3. The van der Waals surface area contributed by atoms with Crippen LogP contribution in [0.4, 0.5) is 11.4 Å². The average Bonchev–Trinajstić information content (AvgIpc) is 2.64. The summed E-state index contributed by atoms with van der Waals surface area (Å²) in [6, 6.07) is 7.20. The van der Waals surface area contributed by atoms with Gasteiger partial charge in [-0.1, -0.05) is 43.9 Å². The van der Waals surface area contributed by atoms with Gasteiger partial charge in [-0.2, -0.15) is 10.4 Å². The Morgan fingerprint density at radius 1 is 1.19 bits per heavy atom. The second-order valence-corrected chi connectivity index (χ2v) is 6.79. The lowest BCUT2D eigenvalue weighted by Gasteiger charge is -2.13. The Hall–Kier alpha value is -2.65. The number of halogens is 1. The van der Waals surface area contributed by atoms with E-state index in [1.54, 1.807) is 25.1 Å². The van der Waals surface area contributed by atoms with Gasteiger partial charge in [0.05, 0.1) is 5.69 Å². The Bertz CT molecular complexity index is 958. The second kappa shape index (κ2) is 9.33. The third-order valence-corrected chi connectivity index (χ3v) is 4.91. The van der Waals surface area contributed by atoms with Crippen molar-refractivity contribution in [3.05, 3.63) is 50.3 Å².